The van der Waals surface area contributed by atoms with Crippen molar-refractivity contribution in [3.8, 4) is 0 Å². The third kappa shape index (κ3) is 5.36. The van der Waals surface area contributed by atoms with Gasteiger partial charge in [-0.3, -0.25) is 0 Å². The van der Waals surface area contributed by atoms with Gasteiger partial charge in [0.05, 0.1) is 9.79 Å². The Balaban J connectivity index is 1.68. The van der Waals surface area contributed by atoms with Gasteiger partial charge in [-0.15, -0.1) is 0 Å². The van der Waals surface area contributed by atoms with Gasteiger partial charge in [-0.05, 0) is 56.5 Å². The van der Waals surface area contributed by atoms with Crippen molar-refractivity contribution < 1.29 is 21.6 Å². The van der Waals surface area contributed by atoms with Crippen LogP contribution in [-0.4, -0.2) is 89.9 Å². The van der Waals surface area contributed by atoms with E-state index in [1.165, 1.54) is 32.9 Å². The average molecular weight is 446 g/mol. The smallest absolute Gasteiger partial charge is 0.243 e. The van der Waals surface area contributed by atoms with E-state index in [0.29, 0.717) is 39.3 Å². The molecule has 2 aliphatic heterocycles. The first-order valence-electron chi connectivity index (χ1n) is 10.2. The Kier molecular flexibility index (Phi) is 7.69. The van der Waals surface area contributed by atoms with Crippen LogP contribution in [0.5, 0.6) is 0 Å². The van der Waals surface area contributed by atoms with Crippen molar-refractivity contribution in [1.29, 1.82) is 0 Å². The molecule has 1 aromatic carbocycles. The van der Waals surface area contributed by atoms with Crippen LogP contribution >= 0.6 is 0 Å². The average Bonchev–Trinajstić information content (AvgIpc) is 3.16. The molecule has 8 nitrogen and oxygen atoms in total. The molecule has 0 amide bonds. The highest BCUT2D eigenvalue weighted by molar-refractivity contribution is 7.89. The molecule has 2 heterocycles. The maximum Gasteiger partial charge on any atom is 0.243 e. The van der Waals surface area contributed by atoms with Gasteiger partial charge in [0.15, 0.2) is 0 Å². The van der Waals surface area contributed by atoms with Crippen LogP contribution in [-0.2, 0) is 24.8 Å². The Morgan fingerprint density at radius 1 is 0.759 bits per heavy atom. The molecule has 29 heavy (non-hydrogen) atoms. The standard InChI is InChI=1S/C19H31N3O5S2/c1-27-17-5-11-20-10-4-14-22(16-15-20)29(25,26)19-8-6-18(7-9-19)28(23,24)21-12-2-3-13-21/h6-9H,2-5,10-17H2,1H3. The third-order valence-electron chi connectivity index (χ3n) is 5.53. The first-order chi connectivity index (χ1) is 13.9. The summed E-state index contributed by atoms with van der Waals surface area (Å²) in [6.45, 7) is 5.09. The summed E-state index contributed by atoms with van der Waals surface area (Å²) in [6.07, 6.45) is 3.43. The van der Waals surface area contributed by atoms with Crippen LogP contribution in [0, 0.1) is 0 Å². The van der Waals surface area contributed by atoms with Crippen LogP contribution in [0.1, 0.15) is 25.7 Å². The zero-order valence-corrected chi connectivity index (χ0v) is 18.6. The van der Waals surface area contributed by atoms with Crippen LogP contribution in [0.4, 0.5) is 0 Å². The number of methoxy groups -OCH3 is 1. The summed E-state index contributed by atoms with van der Waals surface area (Å²) >= 11 is 0. The Bertz CT molecular complexity index is 866. The highest BCUT2D eigenvalue weighted by Gasteiger charge is 2.29. The van der Waals surface area contributed by atoms with Gasteiger partial charge in [0.25, 0.3) is 0 Å². The van der Waals surface area contributed by atoms with Gasteiger partial charge in [0, 0.05) is 53.0 Å². The van der Waals surface area contributed by atoms with Crippen LogP contribution < -0.4 is 0 Å². The zero-order valence-electron chi connectivity index (χ0n) is 17.0. The summed E-state index contributed by atoms with van der Waals surface area (Å²) in [5, 5.41) is 0. The monoisotopic (exact) mass is 445 g/mol. The Morgan fingerprint density at radius 3 is 1.83 bits per heavy atom. The maximum atomic E-state index is 13.1. The second-order valence-corrected chi connectivity index (χ2v) is 11.4. The largest absolute Gasteiger partial charge is 0.385 e. The molecule has 0 atom stereocenters. The molecular weight excluding hydrogens is 414 g/mol. The van der Waals surface area contributed by atoms with Crippen molar-refractivity contribution in [2.24, 2.45) is 0 Å². The summed E-state index contributed by atoms with van der Waals surface area (Å²) in [5.41, 5.74) is 0. The Hall–Kier alpha value is -1.04. The summed E-state index contributed by atoms with van der Waals surface area (Å²) in [7, 11) is -5.50. The van der Waals surface area contributed by atoms with Crippen molar-refractivity contribution in [3.05, 3.63) is 24.3 Å². The first kappa shape index (κ1) is 22.6. The molecular formula is C19H31N3O5S2. The van der Waals surface area contributed by atoms with Crippen molar-refractivity contribution in [2.75, 3.05) is 59.5 Å². The summed E-state index contributed by atoms with van der Waals surface area (Å²) in [6, 6.07) is 5.66. The molecule has 3 rings (SSSR count). The SMILES string of the molecule is COCCCN1CCCN(S(=O)(=O)c2ccc(S(=O)(=O)N3CCCC3)cc2)CC1. The summed E-state index contributed by atoms with van der Waals surface area (Å²) in [5.74, 6) is 0. The zero-order chi connectivity index (χ0) is 20.9. The second-order valence-electron chi connectivity index (χ2n) is 7.53. The molecule has 10 heteroatoms. The first-order valence-corrected chi connectivity index (χ1v) is 13.1. The number of hydrogen-bond donors (Lipinski definition) is 0. The fourth-order valence-electron chi connectivity index (χ4n) is 3.85. The number of hydrogen-bond acceptors (Lipinski definition) is 6. The molecule has 2 saturated heterocycles. The van der Waals surface area contributed by atoms with Gasteiger partial charge in [0.1, 0.15) is 0 Å². The van der Waals surface area contributed by atoms with Crippen molar-refractivity contribution >= 4 is 20.0 Å². The quantitative estimate of drug-likeness (QED) is 0.559. The van der Waals surface area contributed by atoms with E-state index in [9.17, 15) is 16.8 Å². The van der Waals surface area contributed by atoms with E-state index >= 15 is 0 Å². The predicted octanol–water partition coefficient (Wildman–Crippen LogP) is 1.20. The summed E-state index contributed by atoms with van der Waals surface area (Å²) in [4.78, 5) is 2.56. The van der Waals surface area contributed by atoms with E-state index in [0.717, 1.165) is 38.8 Å². The molecule has 0 bridgehead atoms. The van der Waals surface area contributed by atoms with Gasteiger partial charge in [-0.2, -0.15) is 8.61 Å². The van der Waals surface area contributed by atoms with Crippen LogP contribution in [0.2, 0.25) is 0 Å². The highest BCUT2D eigenvalue weighted by atomic mass is 32.2. The van der Waals surface area contributed by atoms with Gasteiger partial charge < -0.3 is 9.64 Å². The van der Waals surface area contributed by atoms with Gasteiger partial charge in [0.2, 0.25) is 20.0 Å². The number of benzene rings is 1. The number of nitrogens with zero attached hydrogens (tertiary/aromatic N) is 3. The maximum absolute atomic E-state index is 13.1. The van der Waals surface area contributed by atoms with E-state index in [1.807, 2.05) is 0 Å². The molecule has 0 aliphatic carbocycles. The van der Waals surface area contributed by atoms with Gasteiger partial charge >= 0.3 is 0 Å². The van der Waals surface area contributed by atoms with Crippen molar-refractivity contribution in [3.63, 3.8) is 0 Å². The minimum Gasteiger partial charge on any atom is -0.385 e. The van der Waals surface area contributed by atoms with Gasteiger partial charge in [-0.25, -0.2) is 16.8 Å². The van der Waals surface area contributed by atoms with Crippen LogP contribution in [0.25, 0.3) is 0 Å². The van der Waals surface area contributed by atoms with Crippen molar-refractivity contribution in [2.45, 2.75) is 35.5 Å². The normalized spacial score (nSPS) is 20.7. The molecule has 2 fully saturated rings. The topological polar surface area (TPSA) is 87.2 Å². The fourth-order valence-corrected chi connectivity index (χ4v) is 6.84. The second kappa shape index (κ2) is 9.84. The fraction of sp³-hybridized carbons (Fsp3) is 0.684. The van der Waals surface area contributed by atoms with Gasteiger partial charge in [-0.1, -0.05) is 0 Å². The molecule has 0 saturated carbocycles. The molecule has 0 unspecified atom stereocenters. The van der Waals surface area contributed by atoms with E-state index in [1.54, 1.807) is 7.11 Å². The van der Waals surface area contributed by atoms with Crippen LogP contribution in [0.3, 0.4) is 0 Å². The molecule has 0 radical (unpaired) electrons. The minimum absolute atomic E-state index is 0.144. The lowest BCUT2D eigenvalue weighted by Crippen LogP contribution is -2.35. The summed E-state index contributed by atoms with van der Waals surface area (Å²) < 4.78 is 59.4. The lowest BCUT2D eigenvalue weighted by molar-refractivity contribution is 0.173. The molecule has 1 aromatic rings. The van der Waals surface area contributed by atoms with Crippen molar-refractivity contribution in [1.82, 2.24) is 13.5 Å². The van der Waals surface area contributed by atoms with E-state index in [2.05, 4.69) is 4.90 Å². The lowest BCUT2D eigenvalue weighted by atomic mass is 10.3. The van der Waals surface area contributed by atoms with E-state index < -0.39 is 20.0 Å². The van der Waals surface area contributed by atoms with E-state index in [-0.39, 0.29) is 9.79 Å². The molecule has 2 aliphatic rings. The molecule has 0 spiro atoms. The van der Waals surface area contributed by atoms with E-state index in [4.69, 9.17) is 4.74 Å². The number of rotatable bonds is 8. The Morgan fingerprint density at radius 2 is 1.28 bits per heavy atom. The minimum atomic E-state index is -3.64. The van der Waals surface area contributed by atoms with Crippen LogP contribution in [0.15, 0.2) is 34.1 Å². The molecule has 0 aromatic heterocycles. The lowest BCUT2D eigenvalue weighted by Gasteiger charge is -2.22. The highest BCUT2D eigenvalue weighted by Crippen LogP contribution is 2.24. The molecule has 164 valence electrons. The molecule has 0 N–H and O–H groups in total. The number of ether oxygens (including phenoxy) is 1. The predicted molar refractivity (Wildman–Crippen MR) is 111 cm³/mol. The number of sulfonamides is 2. The third-order valence-corrected chi connectivity index (χ3v) is 9.36. The Labute approximate surface area is 174 Å².